The van der Waals surface area contributed by atoms with Gasteiger partial charge in [-0.2, -0.15) is 18.3 Å². The summed E-state index contributed by atoms with van der Waals surface area (Å²) >= 11 is 1.22. The van der Waals surface area contributed by atoms with Crippen LogP contribution < -0.4 is 5.43 Å². The lowest BCUT2D eigenvalue weighted by atomic mass is 10.1. The van der Waals surface area contributed by atoms with Crippen molar-refractivity contribution < 1.29 is 17.6 Å². The van der Waals surface area contributed by atoms with E-state index in [4.69, 9.17) is 0 Å². The summed E-state index contributed by atoms with van der Waals surface area (Å²) in [5, 5.41) is 4.66. The van der Waals surface area contributed by atoms with Crippen LogP contribution in [0.15, 0.2) is 83.0 Å². The number of aromatic nitrogens is 4. The second-order valence-electron chi connectivity index (χ2n) is 6.66. The van der Waals surface area contributed by atoms with Gasteiger partial charge in [-0.15, -0.1) is 0 Å². The summed E-state index contributed by atoms with van der Waals surface area (Å²) in [6, 6.07) is 13.4. The Labute approximate surface area is 183 Å². The maximum Gasteiger partial charge on any atom is 0.416 e. The van der Waals surface area contributed by atoms with Crippen LogP contribution in [0.25, 0.3) is 17.1 Å². The van der Waals surface area contributed by atoms with E-state index in [9.17, 15) is 22.4 Å². The van der Waals surface area contributed by atoms with E-state index in [0.29, 0.717) is 27.9 Å². The monoisotopic (exact) mass is 458 g/mol. The van der Waals surface area contributed by atoms with Crippen LogP contribution in [-0.2, 0) is 11.9 Å². The molecular formula is C22H14F4N4OS. The number of rotatable bonds is 5. The van der Waals surface area contributed by atoms with Crippen molar-refractivity contribution in [3.05, 3.63) is 100 Å². The Kier molecular flexibility index (Phi) is 6.04. The predicted octanol–water partition coefficient (Wildman–Crippen LogP) is 5.14. The molecule has 0 spiro atoms. The average molecular weight is 458 g/mol. The molecule has 0 fully saturated rings. The first-order valence-electron chi connectivity index (χ1n) is 9.28. The Hall–Kier alpha value is -3.53. The summed E-state index contributed by atoms with van der Waals surface area (Å²) in [5.74, 6) is -0.0376. The maximum absolute atomic E-state index is 13.2. The van der Waals surface area contributed by atoms with Gasteiger partial charge in [0.25, 0.3) is 0 Å². The molecule has 0 aliphatic carbocycles. The fraction of sp³-hybridized carbons (Fsp3) is 0.0909. The Bertz CT molecular complexity index is 1290. The topological polar surface area (TPSA) is 60.7 Å². The number of halogens is 4. The summed E-state index contributed by atoms with van der Waals surface area (Å²) in [7, 11) is 0. The van der Waals surface area contributed by atoms with Gasteiger partial charge in [0.2, 0.25) is 5.43 Å². The van der Waals surface area contributed by atoms with Gasteiger partial charge in [-0.25, -0.2) is 19.0 Å². The van der Waals surface area contributed by atoms with Gasteiger partial charge in [-0.3, -0.25) is 4.79 Å². The molecular weight excluding hydrogens is 444 g/mol. The van der Waals surface area contributed by atoms with Crippen LogP contribution in [0, 0.1) is 5.82 Å². The van der Waals surface area contributed by atoms with Crippen molar-refractivity contribution in [2.75, 3.05) is 0 Å². The van der Waals surface area contributed by atoms with Crippen LogP contribution in [0.2, 0.25) is 0 Å². The molecule has 0 bridgehead atoms. The smallest absolute Gasteiger partial charge is 0.287 e. The van der Waals surface area contributed by atoms with E-state index in [1.807, 2.05) is 0 Å². The number of nitrogens with zero attached hydrogens (tertiary/aromatic N) is 4. The van der Waals surface area contributed by atoms with E-state index in [2.05, 4.69) is 15.1 Å². The minimum absolute atomic E-state index is 0.0932. The lowest BCUT2D eigenvalue weighted by Crippen LogP contribution is -2.13. The molecule has 0 radical (unpaired) electrons. The Morgan fingerprint density at radius 3 is 2.34 bits per heavy atom. The Morgan fingerprint density at radius 2 is 1.66 bits per heavy atom. The highest BCUT2D eigenvalue weighted by atomic mass is 32.2. The van der Waals surface area contributed by atoms with Crippen molar-refractivity contribution in [1.29, 1.82) is 0 Å². The molecule has 2 heterocycles. The Balaban J connectivity index is 1.55. The van der Waals surface area contributed by atoms with E-state index < -0.39 is 11.7 Å². The van der Waals surface area contributed by atoms with Gasteiger partial charge in [0.15, 0.2) is 10.9 Å². The zero-order valence-electron chi connectivity index (χ0n) is 16.3. The number of alkyl halides is 3. The molecule has 0 unspecified atom stereocenters. The summed E-state index contributed by atoms with van der Waals surface area (Å²) < 4.78 is 52.7. The normalized spacial score (nSPS) is 11.5. The summed E-state index contributed by atoms with van der Waals surface area (Å²) in [6.07, 6.45) is -1.43. The summed E-state index contributed by atoms with van der Waals surface area (Å²) in [4.78, 5) is 20.9. The molecule has 0 aliphatic heterocycles. The summed E-state index contributed by atoms with van der Waals surface area (Å²) in [5.41, 5.74) is 0.580. The largest absolute Gasteiger partial charge is 0.416 e. The molecule has 0 N–H and O–H groups in total. The first kappa shape index (κ1) is 21.7. The van der Waals surface area contributed by atoms with Crippen molar-refractivity contribution in [3.63, 3.8) is 0 Å². The molecule has 2 aromatic carbocycles. The fourth-order valence-electron chi connectivity index (χ4n) is 2.80. The zero-order chi connectivity index (χ0) is 22.7. The maximum atomic E-state index is 13.2. The second-order valence-corrected chi connectivity index (χ2v) is 7.60. The highest BCUT2D eigenvalue weighted by Crippen LogP contribution is 2.30. The number of hydrogen-bond donors (Lipinski definition) is 0. The highest BCUT2D eigenvalue weighted by Gasteiger charge is 2.29. The number of hydrogen-bond acceptors (Lipinski definition) is 5. The molecule has 162 valence electrons. The Morgan fingerprint density at radius 1 is 0.938 bits per heavy atom. The fourth-order valence-corrected chi connectivity index (χ4v) is 3.59. The van der Waals surface area contributed by atoms with Crippen molar-refractivity contribution in [3.8, 4) is 17.1 Å². The number of thioether (sulfide) groups is 1. The standard InChI is InChI=1S/C22H14F4N4OS/c23-16-5-7-17(8-6-16)30-12-10-19(31)20(29-30)18-9-11-27-21(28-18)32-13-14-1-3-15(4-2-14)22(24,25)26/h1-12H,13H2. The minimum atomic E-state index is -4.38. The van der Waals surface area contributed by atoms with Gasteiger partial charge >= 0.3 is 6.18 Å². The first-order chi connectivity index (χ1) is 15.3. The molecule has 2 aromatic heterocycles. The molecule has 0 aliphatic rings. The van der Waals surface area contributed by atoms with Gasteiger partial charge in [0.05, 0.1) is 16.9 Å². The minimum Gasteiger partial charge on any atom is -0.287 e. The third-order valence-electron chi connectivity index (χ3n) is 4.42. The van der Waals surface area contributed by atoms with Crippen molar-refractivity contribution in [1.82, 2.24) is 19.7 Å². The third-order valence-corrected chi connectivity index (χ3v) is 5.36. The molecule has 5 nitrogen and oxygen atoms in total. The molecule has 0 atom stereocenters. The van der Waals surface area contributed by atoms with Crippen LogP contribution in [0.1, 0.15) is 11.1 Å². The van der Waals surface area contributed by atoms with Gasteiger partial charge in [-0.05, 0) is 48.0 Å². The molecule has 0 saturated heterocycles. The lowest BCUT2D eigenvalue weighted by molar-refractivity contribution is -0.137. The first-order valence-corrected chi connectivity index (χ1v) is 10.3. The van der Waals surface area contributed by atoms with Gasteiger partial charge in [0.1, 0.15) is 5.82 Å². The van der Waals surface area contributed by atoms with E-state index >= 15 is 0 Å². The predicted molar refractivity (Wildman–Crippen MR) is 112 cm³/mol. The van der Waals surface area contributed by atoms with Crippen LogP contribution >= 0.6 is 11.8 Å². The van der Waals surface area contributed by atoms with E-state index in [0.717, 1.165) is 12.1 Å². The van der Waals surface area contributed by atoms with Gasteiger partial charge in [-0.1, -0.05) is 23.9 Å². The van der Waals surface area contributed by atoms with Gasteiger partial charge < -0.3 is 0 Å². The van der Waals surface area contributed by atoms with Crippen LogP contribution in [-0.4, -0.2) is 19.7 Å². The molecule has 10 heteroatoms. The molecule has 4 rings (SSSR count). The summed E-state index contributed by atoms with van der Waals surface area (Å²) in [6.45, 7) is 0. The van der Waals surface area contributed by atoms with Crippen molar-refractivity contribution in [2.45, 2.75) is 17.1 Å². The van der Waals surface area contributed by atoms with E-state index in [-0.39, 0.29) is 16.9 Å². The third kappa shape index (κ3) is 5.02. The van der Waals surface area contributed by atoms with E-state index in [1.165, 1.54) is 71.3 Å². The lowest BCUT2D eigenvalue weighted by Gasteiger charge is -2.08. The molecule has 32 heavy (non-hydrogen) atoms. The number of benzene rings is 2. The quantitative estimate of drug-likeness (QED) is 0.236. The zero-order valence-corrected chi connectivity index (χ0v) is 17.1. The van der Waals surface area contributed by atoms with Crippen LogP contribution in [0.5, 0.6) is 0 Å². The molecule has 0 saturated carbocycles. The SMILES string of the molecule is O=c1ccn(-c2ccc(F)cc2)nc1-c1ccnc(SCc2ccc(C(F)(F)F)cc2)n1. The van der Waals surface area contributed by atoms with Crippen LogP contribution in [0.4, 0.5) is 17.6 Å². The second kappa shape index (κ2) is 8.91. The highest BCUT2D eigenvalue weighted by molar-refractivity contribution is 7.98. The molecule has 4 aromatic rings. The van der Waals surface area contributed by atoms with Crippen molar-refractivity contribution >= 4 is 11.8 Å². The van der Waals surface area contributed by atoms with Crippen molar-refractivity contribution in [2.24, 2.45) is 0 Å². The van der Waals surface area contributed by atoms with Gasteiger partial charge in [0, 0.05) is 24.2 Å². The average Bonchev–Trinajstić information content (AvgIpc) is 2.78. The van der Waals surface area contributed by atoms with E-state index in [1.54, 1.807) is 6.07 Å². The molecule has 0 amide bonds. The van der Waals surface area contributed by atoms with Crippen LogP contribution in [0.3, 0.4) is 0 Å².